The molecule has 0 aromatic heterocycles. The smallest absolute Gasteiger partial charge is 0.152 e. The van der Waals surface area contributed by atoms with Gasteiger partial charge in [0.25, 0.3) is 0 Å². The van der Waals surface area contributed by atoms with Gasteiger partial charge in [-0.05, 0) is 38.7 Å². The van der Waals surface area contributed by atoms with E-state index < -0.39 is 5.67 Å². The average Bonchev–Trinajstić information content (AvgIpc) is 2.39. The Morgan fingerprint density at radius 1 is 1.82 bits per heavy atom. The topological polar surface area (TPSA) is 17.1 Å². The van der Waals surface area contributed by atoms with Gasteiger partial charge in [0.1, 0.15) is 5.67 Å². The normalized spacial score (nSPS) is 36.1. The molecule has 0 aromatic rings. The largest absolute Gasteiger partial charge is 0.295 e. The van der Waals surface area contributed by atoms with Gasteiger partial charge < -0.3 is 0 Å². The van der Waals surface area contributed by atoms with Crippen LogP contribution in [-0.2, 0) is 4.79 Å². The first-order chi connectivity index (χ1) is 5.02. The molecule has 0 amide bonds. The molecule has 0 heterocycles. The van der Waals surface area contributed by atoms with Crippen LogP contribution < -0.4 is 0 Å². The SMILES string of the molecule is CC(=O)/C=C/CC1CC1(C)F. The highest BCUT2D eigenvalue weighted by molar-refractivity contribution is 5.87. The van der Waals surface area contributed by atoms with Gasteiger partial charge in [-0.2, -0.15) is 0 Å². The summed E-state index contributed by atoms with van der Waals surface area (Å²) in [4.78, 5) is 10.4. The second-order valence-electron chi connectivity index (χ2n) is 3.43. The van der Waals surface area contributed by atoms with Crippen LogP contribution in [0.4, 0.5) is 4.39 Å². The van der Waals surface area contributed by atoms with Crippen molar-refractivity contribution in [3.8, 4) is 0 Å². The Morgan fingerprint density at radius 3 is 2.73 bits per heavy atom. The van der Waals surface area contributed by atoms with Gasteiger partial charge in [-0.25, -0.2) is 4.39 Å². The van der Waals surface area contributed by atoms with Gasteiger partial charge in [0.05, 0.1) is 0 Å². The molecule has 0 aliphatic heterocycles. The third-order valence-electron chi connectivity index (χ3n) is 2.11. The highest BCUT2D eigenvalue weighted by atomic mass is 19.1. The van der Waals surface area contributed by atoms with Crippen molar-refractivity contribution in [3.05, 3.63) is 12.2 Å². The second kappa shape index (κ2) is 2.76. The number of halogens is 1. The minimum absolute atomic E-state index is 0.0335. The molecule has 0 bridgehead atoms. The molecule has 11 heavy (non-hydrogen) atoms. The van der Waals surface area contributed by atoms with Crippen molar-refractivity contribution in [2.75, 3.05) is 0 Å². The third-order valence-corrected chi connectivity index (χ3v) is 2.11. The van der Waals surface area contributed by atoms with Crippen LogP contribution in [0, 0.1) is 5.92 Å². The van der Waals surface area contributed by atoms with Crippen LogP contribution in [0.15, 0.2) is 12.2 Å². The first-order valence-electron chi connectivity index (χ1n) is 3.88. The molecular formula is C9H13FO. The number of alkyl halides is 1. The number of hydrogen-bond acceptors (Lipinski definition) is 1. The Hall–Kier alpha value is -0.660. The maximum atomic E-state index is 12.9. The van der Waals surface area contributed by atoms with Crippen molar-refractivity contribution in [1.29, 1.82) is 0 Å². The fourth-order valence-electron chi connectivity index (χ4n) is 1.15. The molecule has 1 saturated carbocycles. The summed E-state index contributed by atoms with van der Waals surface area (Å²) in [7, 11) is 0. The van der Waals surface area contributed by atoms with E-state index in [4.69, 9.17) is 0 Å². The van der Waals surface area contributed by atoms with Gasteiger partial charge in [-0.3, -0.25) is 4.79 Å². The van der Waals surface area contributed by atoms with Crippen LogP contribution in [0.25, 0.3) is 0 Å². The zero-order valence-corrected chi connectivity index (χ0v) is 6.93. The number of allylic oxidation sites excluding steroid dienone is 2. The molecule has 2 heteroatoms. The van der Waals surface area contributed by atoms with Gasteiger partial charge in [-0.15, -0.1) is 0 Å². The summed E-state index contributed by atoms with van der Waals surface area (Å²) >= 11 is 0. The molecule has 2 atom stereocenters. The lowest BCUT2D eigenvalue weighted by Gasteiger charge is -1.93. The van der Waals surface area contributed by atoms with Crippen LogP contribution in [0.5, 0.6) is 0 Å². The molecule has 1 aliphatic carbocycles. The number of carbonyl (C=O) groups excluding carboxylic acids is 1. The summed E-state index contributed by atoms with van der Waals surface area (Å²) < 4.78 is 12.9. The molecule has 1 aliphatic rings. The summed E-state index contributed by atoms with van der Waals surface area (Å²) in [5.74, 6) is 0.185. The van der Waals surface area contributed by atoms with Gasteiger partial charge in [-0.1, -0.05) is 6.08 Å². The van der Waals surface area contributed by atoms with Crippen molar-refractivity contribution >= 4 is 5.78 Å². The lowest BCUT2D eigenvalue weighted by Crippen LogP contribution is -1.94. The van der Waals surface area contributed by atoms with Gasteiger partial charge in [0.15, 0.2) is 5.78 Å². The molecule has 0 aromatic carbocycles. The lowest BCUT2D eigenvalue weighted by atomic mass is 10.2. The summed E-state index contributed by atoms with van der Waals surface area (Å²) in [6.45, 7) is 3.11. The fourth-order valence-corrected chi connectivity index (χ4v) is 1.15. The van der Waals surface area contributed by atoms with E-state index in [2.05, 4.69) is 0 Å². The Balaban J connectivity index is 2.20. The molecule has 0 saturated heterocycles. The minimum Gasteiger partial charge on any atom is -0.295 e. The molecule has 0 spiro atoms. The molecule has 0 radical (unpaired) electrons. The van der Waals surface area contributed by atoms with Crippen molar-refractivity contribution in [1.82, 2.24) is 0 Å². The van der Waals surface area contributed by atoms with Gasteiger partial charge >= 0.3 is 0 Å². The van der Waals surface area contributed by atoms with E-state index in [9.17, 15) is 9.18 Å². The standard InChI is InChI=1S/C9H13FO/c1-7(11)4-3-5-8-6-9(8,2)10/h3-4,8H,5-6H2,1-2H3/b4-3+. The summed E-state index contributed by atoms with van der Waals surface area (Å²) in [5, 5.41) is 0. The van der Waals surface area contributed by atoms with E-state index >= 15 is 0 Å². The lowest BCUT2D eigenvalue weighted by molar-refractivity contribution is -0.112. The summed E-state index contributed by atoms with van der Waals surface area (Å²) in [6.07, 6.45) is 4.62. The number of ketones is 1. The predicted molar refractivity (Wildman–Crippen MR) is 42.1 cm³/mol. The summed E-state index contributed by atoms with van der Waals surface area (Å²) in [6, 6.07) is 0. The zero-order valence-electron chi connectivity index (χ0n) is 6.93. The molecule has 1 fully saturated rings. The van der Waals surface area contributed by atoms with E-state index in [0.717, 1.165) is 0 Å². The Bertz CT molecular complexity index is 194. The Labute approximate surface area is 66.3 Å². The molecule has 0 N–H and O–H groups in total. The van der Waals surface area contributed by atoms with Crippen molar-refractivity contribution in [3.63, 3.8) is 0 Å². The van der Waals surface area contributed by atoms with Gasteiger partial charge in [0, 0.05) is 0 Å². The molecular weight excluding hydrogens is 143 g/mol. The third kappa shape index (κ3) is 2.45. The number of rotatable bonds is 3. The highest BCUT2D eigenvalue weighted by Crippen LogP contribution is 2.48. The molecule has 2 unspecified atom stereocenters. The maximum absolute atomic E-state index is 12.9. The first-order valence-corrected chi connectivity index (χ1v) is 3.88. The van der Waals surface area contributed by atoms with E-state index in [1.807, 2.05) is 0 Å². The van der Waals surface area contributed by atoms with Crippen molar-refractivity contribution in [2.24, 2.45) is 5.92 Å². The zero-order chi connectivity index (χ0) is 8.48. The van der Waals surface area contributed by atoms with Crippen LogP contribution in [-0.4, -0.2) is 11.5 Å². The van der Waals surface area contributed by atoms with Crippen LogP contribution in [0.2, 0.25) is 0 Å². The molecule has 62 valence electrons. The monoisotopic (exact) mass is 156 g/mol. The second-order valence-corrected chi connectivity index (χ2v) is 3.43. The van der Waals surface area contributed by atoms with Crippen molar-refractivity contribution < 1.29 is 9.18 Å². The average molecular weight is 156 g/mol. The number of carbonyl (C=O) groups is 1. The van der Waals surface area contributed by atoms with Crippen molar-refractivity contribution in [2.45, 2.75) is 32.4 Å². The Kier molecular flexibility index (Phi) is 2.12. The van der Waals surface area contributed by atoms with E-state index in [0.29, 0.717) is 12.8 Å². The van der Waals surface area contributed by atoms with Crippen LogP contribution >= 0.6 is 0 Å². The summed E-state index contributed by atoms with van der Waals surface area (Å²) in [5.41, 5.74) is -0.957. The number of hydrogen-bond donors (Lipinski definition) is 0. The first kappa shape index (κ1) is 8.44. The molecule has 1 rings (SSSR count). The molecule has 1 nitrogen and oxygen atoms in total. The van der Waals surface area contributed by atoms with E-state index in [1.54, 1.807) is 13.0 Å². The van der Waals surface area contributed by atoms with E-state index in [-0.39, 0.29) is 11.7 Å². The van der Waals surface area contributed by atoms with E-state index in [1.165, 1.54) is 13.0 Å². The minimum atomic E-state index is -0.957. The van der Waals surface area contributed by atoms with Crippen LogP contribution in [0.3, 0.4) is 0 Å². The fraction of sp³-hybridized carbons (Fsp3) is 0.667. The Morgan fingerprint density at radius 2 is 2.36 bits per heavy atom. The quantitative estimate of drug-likeness (QED) is 0.573. The predicted octanol–water partition coefficient (Wildman–Crippen LogP) is 2.27. The van der Waals surface area contributed by atoms with Crippen LogP contribution in [0.1, 0.15) is 26.7 Å². The highest BCUT2D eigenvalue weighted by Gasteiger charge is 2.49. The maximum Gasteiger partial charge on any atom is 0.152 e. The van der Waals surface area contributed by atoms with Gasteiger partial charge in [0.2, 0.25) is 0 Å².